The van der Waals surface area contributed by atoms with E-state index in [1.165, 1.54) is 6.07 Å². The van der Waals surface area contributed by atoms with E-state index >= 15 is 0 Å². The Balaban J connectivity index is 1.92. The van der Waals surface area contributed by atoms with Gasteiger partial charge < -0.3 is 23.9 Å². The highest BCUT2D eigenvalue weighted by Crippen LogP contribution is 2.30. The van der Waals surface area contributed by atoms with Gasteiger partial charge >= 0.3 is 5.63 Å². The molecule has 0 spiro atoms. The second kappa shape index (κ2) is 7.17. The number of nitrogens with one attached hydrogen (secondary N) is 1. The van der Waals surface area contributed by atoms with Gasteiger partial charge in [-0.05, 0) is 29.8 Å². The zero-order valence-corrected chi connectivity index (χ0v) is 14.3. The molecular weight excluding hydrogens is 322 g/mol. The molecule has 2 aromatic carbocycles. The van der Waals surface area contributed by atoms with Crippen molar-refractivity contribution in [2.75, 3.05) is 26.6 Å². The molecule has 0 aliphatic rings. The van der Waals surface area contributed by atoms with Crippen molar-refractivity contribution in [3.63, 3.8) is 0 Å². The second-order valence-electron chi connectivity index (χ2n) is 5.37. The molecule has 0 amide bonds. The average molecular weight is 341 g/mol. The molecule has 130 valence electrons. The molecule has 0 radical (unpaired) electrons. The molecular formula is C19H19NO5. The van der Waals surface area contributed by atoms with Crippen LogP contribution in [0.2, 0.25) is 0 Å². The Morgan fingerprint density at radius 1 is 0.920 bits per heavy atom. The van der Waals surface area contributed by atoms with Crippen LogP contribution in [0, 0.1) is 0 Å². The Labute approximate surface area is 144 Å². The molecule has 25 heavy (non-hydrogen) atoms. The fraction of sp³-hybridized carbons (Fsp3) is 0.211. The summed E-state index contributed by atoms with van der Waals surface area (Å²) in [5, 5.41) is 4.13. The first kappa shape index (κ1) is 16.7. The summed E-state index contributed by atoms with van der Waals surface area (Å²) in [7, 11) is 4.77. The summed E-state index contributed by atoms with van der Waals surface area (Å²) in [5.74, 6) is 2.01. The van der Waals surface area contributed by atoms with Gasteiger partial charge in [0.25, 0.3) is 0 Å². The van der Waals surface area contributed by atoms with Crippen LogP contribution in [0.3, 0.4) is 0 Å². The Morgan fingerprint density at radius 2 is 1.64 bits per heavy atom. The van der Waals surface area contributed by atoms with Crippen molar-refractivity contribution >= 4 is 16.7 Å². The van der Waals surface area contributed by atoms with Gasteiger partial charge in [0, 0.05) is 30.1 Å². The van der Waals surface area contributed by atoms with Crippen molar-refractivity contribution in [3.05, 3.63) is 58.4 Å². The van der Waals surface area contributed by atoms with E-state index in [-0.39, 0.29) is 0 Å². The lowest BCUT2D eigenvalue weighted by atomic mass is 10.1. The number of anilines is 1. The third-order valence-corrected chi connectivity index (χ3v) is 3.92. The first-order valence-electron chi connectivity index (χ1n) is 7.71. The highest BCUT2D eigenvalue weighted by atomic mass is 16.5. The summed E-state index contributed by atoms with van der Waals surface area (Å²) < 4.78 is 21.0. The van der Waals surface area contributed by atoms with Gasteiger partial charge in [0.1, 0.15) is 22.8 Å². The summed E-state index contributed by atoms with van der Waals surface area (Å²) in [6.07, 6.45) is 0. The number of methoxy groups -OCH3 is 3. The summed E-state index contributed by atoms with van der Waals surface area (Å²) >= 11 is 0. The third kappa shape index (κ3) is 3.52. The SMILES string of the molecule is COc1ccc(NCc2cc(=O)oc3cc(OC)ccc23)c(OC)c1. The molecule has 1 N–H and O–H groups in total. The number of ether oxygens (including phenoxy) is 3. The monoisotopic (exact) mass is 341 g/mol. The van der Waals surface area contributed by atoms with Gasteiger partial charge in [0.15, 0.2) is 0 Å². The normalized spacial score (nSPS) is 10.5. The van der Waals surface area contributed by atoms with Crippen LogP contribution in [-0.2, 0) is 6.54 Å². The minimum atomic E-state index is -0.403. The minimum absolute atomic E-state index is 0.403. The van der Waals surface area contributed by atoms with Crippen LogP contribution < -0.4 is 25.2 Å². The van der Waals surface area contributed by atoms with Crippen LogP contribution in [0.15, 0.2) is 51.7 Å². The molecule has 0 saturated heterocycles. The Bertz CT molecular complexity index is 948. The number of hydrogen-bond acceptors (Lipinski definition) is 6. The number of rotatable bonds is 6. The van der Waals surface area contributed by atoms with Crippen molar-refractivity contribution < 1.29 is 18.6 Å². The Morgan fingerprint density at radius 3 is 2.36 bits per heavy atom. The molecule has 0 saturated carbocycles. The Kier molecular flexibility index (Phi) is 4.79. The zero-order chi connectivity index (χ0) is 17.8. The number of hydrogen-bond donors (Lipinski definition) is 1. The van der Waals surface area contributed by atoms with Gasteiger partial charge in [-0.15, -0.1) is 0 Å². The first-order valence-corrected chi connectivity index (χ1v) is 7.71. The quantitative estimate of drug-likeness (QED) is 0.693. The van der Waals surface area contributed by atoms with E-state index in [0.29, 0.717) is 29.4 Å². The third-order valence-electron chi connectivity index (χ3n) is 3.92. The fourth-order valence-corrected chi connectivity index (χ4v) is 2.62. The van der Waals surface area contributed by atoms with E-state index in [1.54, 1.807) is 33.5 Å². The van der Waals surface area contributed by atoms with Crippen molar-refractivity contribution in [1.82, 2.24) is 0 Å². The molecule has 6 nitrogen and oxygen atoms in total. The highest BCUT2D eigenvalue weighted by molar-refractivity contribution is 5.82. The molecule has 0 bridgehead atoms. The fourth-order valence-electron chi connectivity index (χ4n) is 2.62. The van der Waals surface area contributed by atoms with Crippen molar-refractivity contribution in [3.8, 4) is 17.2 Å². The summed E-state index contributed by atoms with van der Waals surface area (Å²) in [6.45, 7) is 0.442. The lowest BCUT2D eigenvalue weighted by molar-refractivity contribution is 0.395. The van der Waals surface area contributed by atoms with Gasteiger partial charge in [-0.3, -0.25) is 0 Å². The van der Waals surface area contributed by atoms with Gasteiger partial charge in [-0.2, -0.15) is 0 Å². The first-order chi connectivity index (χ1) is 12.1. The van der Waals surface area contributed by atoms with Crippen molar-refractivity contribution in [2.45, 2.75) is 6.54 Å². The maximum absolute atomic E-state index is 11.8. The standard InChI is InChI=1S/C19H19NO5/c1-22-13-4-6-15-12(8-19(21)25-17(15)9-13)11-20-16-7-5-14(23-2)10-18(16)24-3/h4-10,20H,11H2,1-3H3. The molecule has 3 rings (SSSR count). The molecule has 1 aromatic heterocycles. The molecule has 0 unspecified atom stereocenters. The molecule has 1 heterocycles. The zero-order valence-electron chi connectivity index (χ0n) is 14.3. The van der Waals surface area contributed by atoms with Gasteiger partial charge in [0.2, 0.25) is 0 Å². The molecule has 0 atom stereocenters. The summed E-state index contributed by atoms with van der Waals surface area (Å²) in [6, 6.07) is 12.4. The van der Waals surface area contributed by atoms with E-state index in [1.807, 2.05) is 24.3 Å². The Hall–Kier alpha value is -3.15. The van der Waals surface area contributed by atoms with Crippen LogP contribution in [0.5, 0.6) is 17.2 Å². The predicted molar refractivity (Wildman–Crippen MR) is 95.9 cm³/mol. The largest absolute Gasteiger partial charge is 0.497 e. The molecule has 0 fully saturated rings. The second-order valence-corrected chi connectivity index (χ2v) is 5.37. The number of fused-ring (bicyclic) bond motifs is 1. The van der Waals surface area contributed by atoms with Crippen LogP contribution in [0.4, 0.5) is 5.69 Å². The van der Waals surface area contributed by atoms with E-state index in [0.717, 1.165) is 16.6 Å². The lowest BCUT2D eigenvalue weighted by Gasteiger charge is -2.13. The van der Waals surface area contributed by atoms with Crippen LogP contribution in [0.1, 0.15) is 5.56 Å². The van der Waals surface area contributed by atoms with Crippen LogP contribution >= 0.6 is 0 Å². The molecule has 6 heteroatoms. The number of benzene rings is 2. The predicted octanol–water partition coefficient (Wildman–Crippen LogP) is 3.43. The van der Waals surface area contributed by atoms with Crippen molar-refractivity contribution in [2.24, 2.45) is 0 Å². The molecule has 3 aromatic rings. The van der Waals surface area contributed by atoms with Gasteiger partial charge in [-0.25, -0.2) is 4.79 Å². The van der Waals surface area contributed by atoms with Gasteiger partial charge in [-0.1, -0.05) is 0 Å². The van der Waals surface area contributed by atoms with E-state index in [9.17, 15) is 4.79 Å². The lowest BCUT2D eigenvalue weighted by Crippen LogP contribution is -2.06. The topological polar surface area (TPSA) is 69.9 Å². The molecule has 0 aliphatic carbocycles. The molecule has 0 aliphatic heterocycles. The maximum atomic E-state index is 11.8. The van der Waals surface area contributed by atoms with Crippen LogP contribution in [0.25, 0.3) is 11.0 Å². The summed E-state index contributed by atoms with van der Waals surface area (Å²) in [4.78, 5) is 11.8. The van der Waals surface area contributed by atoms with Gasteiger partial charge in [0.05, 0.1) is 27.0 Å². The minimum Gasteiger partial charge on any atom is -0.497 e. The van der Waals surface area contributed by atoms with E-state index in [4.69, 9.17) is 18.6 Å². The van der Waals surface area contributed by atoms with E-state index < -0.39 is 5.63 Å². The highest BCUT2D eigenvalue weighted by Gasteiger charge is 2.09. The van der Waals surface area contributed by atoms with E-state index in [2.05, 4.69) is 5.32 Å². The maximum Gasteiger partial charge on any atom is 0.336 e. The van der Waals surface area contributed by atoms with Crippen LogP contribution in [-0.4, -0.2) is 21.3 Å². The van der Waals surface area contributed by atoms with Crippen molar-refractivity contribution in [1.29, 1.82) is 0 Å². The smallest absolute Gasteiger partial charge is 0.336 e. The summed E-state index contributed by atoms with van der Waals surface area (Å²) in [5.41, 5.74) is 1.72. The average Bonchev–Trinajstić information content (AvgIpc) is 2.65.